The van der Waals surface area contributed by atoms with Gasteiger partial charge in [-0.15, -0.1) is 0 Å². The first-order chi connectivity index (χ1) is 7.67. The minimum Gasteiger partial charge on any atom is -0.444 e. The molecule has 1 unspecified atom stereocenters. The third-order valence-electron chi connectivity index (χ3n) is 2.41. The minimum atomic E-state index is -0.437. The average Bonchev–Trinajstić information content (AvgIpc) is 2.12. The molecule has 1 N–H and O–H groups in total. The van der Waals surface area contributed by atoms with Crippen LogP contribution in [-0.2, 0) is 4.74 Å². The van der Waals surface area contributed by atoms with E-state index in [0.717, 1.165) is 13.0 Å². The Balaban J connectivity index is 4.48. The van der Waals surface area contributed by atoms with Crippen LogP contribution in [0.2, 0.25) is 0 Å². The smallest absolute Gasteiger partial charge is 0.410 e. The van der Waals surface area contributed by atoms with Crippen LogP contribution in [0.1, 0.15) is 41.0 Å². The van der Waals surface area contributed by atoms with Gasteiger partial charge in [-0.05, 0) is 40.2 Å². The summed E-state index contributed by atoms with van der Waals surface area (Å²) in [6, 6.07) is 0.176. The first-order valence-electron chi connectivity index (χ1n) is 6.27. The molecule has 0 heterocycles. The summed E-state index contributed by atoms with van der Waals surface area (Å²) in [6.45, 7) is 10.8. The van der Waals surface area contributed by atoms with E-state index in [-0.39, 0.29) is 12.1 Å². The lowest BCUT2D eigenvalue weighted by molar-refractivity contribution is 0.0206. The molecular formula is C13H28N2O2. The Hall–Kier alpha value is -0.770. The quantitative estimate of drug-likeness (QED) is 0.808. The van der Waals surface area contributed by atoms with E-state index in [0.29, 0.717) is 5.92 Å². The molecule has 0 spiro atoms. The van der Waals surface area contributed by atoms with Gasteiger partial charge >= 0.3 is 6.09 Å². The van der Waals surface area contributed by atoms with Gasteiger partial charge in [0.25, 0.3) is 0 Å². The van der Waals surface area contributed by atoms with Crippen LogP contribution in [0.15, 0.2) is 0 Å². The Labute approximate surface area is 106 Å². The van der Waals surface area contributed by atoms with Crippen LogP contribution in [0.4, 0.5) is 4.79 Å². The maximum atomic E-state index is 11.9. The SMILES string of the molecule is CNCC(CC(C)C)N(C)C(=O)OC(C)(C)C. The molecule has 0 rings (SSSR count). The van der Waals surface area contributed by atoms with Gasteiger partial charge in [0.2, 0.25) is 0 Å². The molecule has 0 aromatic carbocycles. The number of amides is 1. The van der Waals surface area contributed by atoms with E-state index in [9.17, 15) is 4.79 Å². The van der Waals surface area contributed by atoms with E-state index in [1.807, 2.05) is 27.8 Å². The van der Waals surface area contributed by atoms with E-state index < -0.39 is 5.60 Å². The Morgan fingerprint density at radius 1 is 1.35 bits per heavy atom. The van der Waals surface area contributed by atoms with Gasteiger partial charge in [0, 0.05) is 19.6 Å². The van der Waals surface area contributed by atoms with Gasteiger partial charge in [-0.25, -0.2) is 4.79 Å². The van der Waals surface area contributed by atoms with Crippen molar-refractivity contribution in [2.75, 3.05) is 20.6 Å². The van der Waals surface area contributed by atoms with Crippen LogP contribution in [0.25, 0.3) is 0 Å². The molecule has 0 radical (unpaired) electrons. The number of likely N-dealkylation sites (N-methyl/N-ethyl adjacent to an activating group) is 2. The van der Waals surface area contributed by atoms with E-state index in [1.54, 1.807) is 11.9 Å². The summed E-state index contributed by atoms with van der Waals surface area (Å²) >= 11 is 0. The Morgan fingerprint density at radius 3 is 2.24 bits per heavy atom. The fourth-order valence-electron chi connectivity index (χ4n) is 1.64. The molecule has 0 saturated carbocycles. The highest BCUT2D eigenvalue weighted by Gasteiger charge is 2.25. The average molecular weight is 244 g/mol. The van der Waals surface area contributed by atoms with Crippen molar-refractivity contribution in [2.45, 2.75) is 52.7 Å². The van der Waals surface area contributed by atoms with Crippen molar-refractivity contribution in [3.8, 4) is 0 Å². The van der Waals surface area contributed by atoms with Gasteiger partial charge in [0.15, 0.2) is 0 Å². The molecule has 4 heteroatoms. The summed E-state index contributed by atoms with van der Waals surface area (Å²) in [4.78, 5) is 13.6. The molecule has 17 heavy (non-hydrogen) atoms. The summed E-state index contributed by atoms with van der Waals surface area (Å²) in [6.07, 6.45) is 0.717. The number of nitrogens with zero attached hydrogens (tertiary/aromatic N) is 1. The maximum Gasteiger partial charge on any atom is 0.410 e. The lowest BCUT2D eigenvalue weighted by Gasteiger charge is -2.31. The van der Waals surface area contributed by atoms with Crippen LogP contribution < -0.4 is 5.32 Å². The first kappa shape index (κ1) is 16.2. The lowest BCUT2D eigenvalue weighted by Crippen LogP contribution is -2.45. The van der Waals surface area contributed by atoms with E-state index >= 15 is 0 Å². The molecule has 0 aliphatic rings. The normalized spacial score (nSPS) is 13.6. The number of hydrogen-bond donors (Lipinski definition) is 1. The largest absolute Gasteiger partial charge is 0.444 e. The monoisotopic (exact) mass is 244 g/mol. The number of rotatable bonds is 5. The molecule has 0 fully saturated rings. The highest BCUT2D eigenvalue weighted by molar-refractivity contribution is 5.68. The molecule has 4 nitrogen and oxygen atoms in total. The zero-order valence-electron chi connectivity index (χ0n) is 12.3. The van der Waals surface area contributed by atoms with Crippen molar-refractivity contribution in [3.63, 3.8) is 0 Å². The van der Waals surface area contributed by atoms with Crippen molar-refractivity contribution in [3.05, 3.63) is 0 Å². The highest BCUT2D eigenvalue weighted by atomic mass is 16.6. The fourth-order valence-corrected chi connectivity index (χ4v) is 1.64. The van der Waals surface area contributed by atoms with E-state index in [2.05, 4.69) is 19.2 Å². The van der Waals surface area contributed by atoms with Crippen LogP contribution in [0.5, 0.6) is 0 Å². The number of nitrogens with one attached hydrogen (secondary N) is 1. The van der Waals surface area contributed by atoms with Crippen LogP contribution >= 0.6 is 0 Å². The van der Waals surface area contributed by atoms with Crippen LogP contribution in [-0.4, -0.2) is 43.3 Å². The van der Waals surface area contributed by atoms with Crippen molar-refractivity contribution in [2.24, 2.45) is 5.92 Å². The van der Waals surface area contributed by atoms with Crippen molar-refractivity contribution in [1.29, 1.82) is 0 Å². The van der Waals surface area contributed by atoms with Gasteiger partial charge in [-0.2, -0.15) is 0 Å². The van der Waals surface area contributed by atoms with E-state index in [4.69, 9.17) is 4.74 Å². The molecule has 1 atom stereocenters. The summed E-state index contributed by atoms with van der Waals surface area (Å²) in [5.74, 6) is 0.554. The van der Waals surface area contributed by atoms with Crippen LogP contribution in [0.3, 0.4) is 0 Å². The van der Waals surface area contributed by atoms with Crippen molar-refractivity contribution >= 4 is 6.09 Å². The Kier molecular flexibility index (Phi) is 6.53. The first-order valence-corrected chi connectivity index (χ1v) is 6.27. The topological polar surface area (TPSA) is 41.6 Å². The minimum absolute atomic E-state index is 0.176. The zero-order valence-corrected chi connectivity index (χ0v) is 12.3. The second-order valence-electron chi connectivity index (χ2n) is 5.93. The summed E-state index contributed by atoms with van der Waals surface area (Å²) in [7, 11) is 3.70. The molecule has 0 saturated heterocycles. The third-order valence-corrected chi connectivity index (χ3v) is 2.41. The predicted octanol–water partition coefficient (Wildman–Crippen LogP) is 2.49. The third kappa shape index (κ3) is 7.21. The number of ether oxygens (including phenoxy) is 1. The molecule has 0 aliphatic heterocycles. The molecule has 1 amide bonds. The fraction of sp³-hybridized carbons (Fsp3) is 0.923. The summed E-state index contributed by atoms with van der Waals surface area (Å²) in [5, 5.41) is 3.12. The van der Waals surface area contributed by atoms with Crippen molar-refractivity contribution < 1.29 is 9.53 Å². The number of carbonyl (C=O) groups excluding carboxylic acids is 1. The van der Waals surface area contributed by atoms with Gasteiger partial charge in [0.05, 0.1) is 0 Å². The summed E-state index contributed by atoms with van der Waals surface area (Å²) in [5.41, 5.74) is -0.437. The summed E-state index contributed by atoms with van der Waals surface area (Å²) < 4.78 is 5.37. The second kappa shape index (κ2) is 6.84. The zero-order chi connectivity index (χ0) is 13.6. The van der Waals surface area contributed by atoms with E-state index in [1.165, 1.54) is 0 Å². The molecular weight excluding hydrogens is 216 g/mol. The molecule has 0 aliphatic carbocycles. The Morgan fingerprint density at radius 2 is 1.88 bits per heavy atom. The molecule has 0 aromatic heterocycles. The standard InChI is InChI=1S/C13H28N2O2/c1-10(2)8-11(9-14-6)15(7)12(16)17-13(3,4)5/h10-11,14H,8-9H2,1-7H3. The van der Waals surface area contributed by atoms with Crippen LogP contribution in [0, 0.1) is 5.92 Å². The van der Waals surface area contributed by atoms with Gasteiger partial charge in [-0.1, -0.05) is 13.8 Å². The molecule has 0 bridgehead atoms. The van der Waals surface area contributed by atoms with Crippen molar-refractivity contribution in [1.82, 2.24) is 10.2 Å². The second-order valence-corrected chi connectivity index (χ2v) is 5.93. The molecule has 0 aromatic rings. The lowest BCUT2D eigenvalue weighted by atomic mass is 10.0. The van der Waals surface area contributed by atoms with Gasteiger partial charge < -0.3 is 15.0 Å². The van der Waals surface area contributed by atoms with Gasteiger partial charge in [-0.3, -0.25) is 0 Å². The molecule has 102 valence electrons. The maximum absolute atomic E-state index is 11.9. The predicted molar refractivity (Wildman–Crippen MR) is 71.2 cm³/mol. The number of hydrogen-bond acceptors (Lipinski definition) is 3. The number of carbonyl (C=O) groups is 1. The van der Waals surface area contributed by atoms with Gasteiger partial charge in [0.1, 0.15) is 5.60 Å². The highest BCUT2D eigenvalue weighted by Crippen LogP contribution is 2.14. The Bertz CT molecular complexity index is 234.